The standard InChI is InChI=1S/C13H20O6/c1-3-18-12(16)8-6-5-7-9(10(8)11(14)15)13(17)19-4-2/h8-10H,3-7H2,1-2H3,(H,14,15). The lowest BCUT2D eigenvalue weighted by Crippen LogP contribution is -2.43. The summed E-state index contributed by atoms with van der Waals surface area (Å²) in [5, 5.41) is 9.30. The number of ether oxygens (including phenoxy) is 2. The Bertz CT molecular complexity index is 325. The number of esters is 2. The van der Waals surface area contributed by atoms with Crippen molar-refractivity contribution in [3.05, 3.63) is 0 Å². The molecule has 0 saturated heterocycles. The van der Waals surface area contributed by atoms with Gasteiger partial charge in [-0.05, 0) is 26.7 Å². The summed E-state index contributed by atoms with van der Waals surface area (Å²) in [6.07, 6.45) is 1.49. The van der Waals surface area contributed by atoms with Crippen molar-refractivity contribution < 1.29 is 29.0 Å². The van der Waals surface area contributed by atoms with Gasteiger partial charge in [-0.2, -0.15) is 0 Å². The summed E-state index contributed by atoms with van der Waals surface area (Å²) in [4.78, 5) is 35.0. The minimum absolute atomic E-state index is 0.200. The Morgan fingerprint density at radius 1 is 1.00 bits per heavy atom. The number of aliphatic carboxylic acids is 1. The molecule has 1 N–H and O–H groups in total. The summed E-state index contributed by atoms with van der Waals surface area (Å²) in [5.74, 6) is -4.79. The van der Waals surface area contributed by atoms with Crippen LogP contribution < -0.4 is 0 Å². The molecule has 0 aromatic rings. The van der Waals surface area contributed by atoms with Gasteiger partial charge in [-0.15, -0.1) is 0 Å². The van der Waals surface area contributed by atoms with Crippen LogP contribution in [0.5, 0.6) is 0 Å². The highest BCUT2D eigenvalue weighted by Crippen LogP contribution is 2.36. The van der Waals surface area contributed by atoms with Gasteiger partial charge in [-0.25, -0.2) is 0 Å². The number of rotatable bonds is 5. The van der Waals surface area contributed by atoms with E-state index in [1.165, 1.54) is 0 Å². The van der Waals surface area contributed by atoms with Gasteiger partial charge in [0.05, 0.1) is 31.0 Å². The van der Waals surface area contributed by atoms with Gasteiger partial charge in [0, 0.05) is 0 Å². The molecule has 0 aromatic heterocycles. The van der Waals surface area contributed by atoms with Crippen molar-refractivity contribution in [2.45, 2.75) is 33.1 Å². The average molecular weight is 272 g/mol. The third-order valence-corrected chi connectivity index (χ3v) is 3.36. The lowest BCUT2D eigenvalue weighted by atomic mass is 9.72. The van der Waals surface area contributed by atoms with Crippen molar-refractivity contribution in [2.24, 2.45) is 17.8 Å². The Balaban J connectivity index is 2.90. The van der Waals surface area contributed by atoms with Gasteiger partial charge in [0.2, 0.25) is 0 Å². The second-order valence-electron chi connectivity index (χ2n) is 4.51. The summed E-state index contributed by atoms with van der Waals surface area (Å²) >= 11 is 0. The summed E-state index contributed by atoms with van der Waals surface area (Å²) < 4.78 is 9.79. The second kappa shape index (κ2) is 7.11. The summed E-state index contributed by atoms with van der Waals surface area (Å²) in [5.41, 5.74) is 0. The van der Waals surface area contributed by atoms with E-state index in [1.807, 2.05) is 0 Å². The molecule has 1 rings (SSSR count). The first-order valence-corrected chi connectivity index (χ1v) is 6.58. The average Bonchev–Trinajstić information content (AvgIpc) is 2.38. The second-order valence-corrected chi connectivity index (χ2v) is 4.51. The first kappa shape index (κ1) is 15.5. The van der Waals surface area contributed by atoms with Crippen molar-refractivity contribution in [1.82, 2.24) is 0 Å². The molecule has 19 heavy (non-hydrogen) atoms. The molecule has 0 aliphatic heterocycles. The van der Waals surface area contributed by atoms with Crippen LogP contribution in [0.3, 0.4) is 0 Å². The van der Waals surface area contributed by atoms with Gasteiger partial charge in [0.1, 0.15) is 0 Å². The van der Waals surface area contributed by atoms with Crippen LogP contribution in [0, 0.1) is 17.8 Å². The fraction of sp³-hybridized carbons (Fsp3) is 0.769. The van der Waals surface area contributed by atoms with E-state index in [2.05, 4.69) is 0 Å². The van der Waals surface area contributed by atoms with E-state index in [0.717, 1.165) is 0 Å². The van der Waals surface area contributed by atoms with Crippen LogP contribution in [-0.4, -0.2) is 36.2 Å². The maximum Gasteiger partial charge on any atom is 0.309 e. The molecular formula is C13H20O6. The monoisotopic (exact) mass is 272 g/mol. The maximum atomic E-state index is 11.8. The molecular weight excluding hydrogens is 252 g/mol. The highest BCUT2D eigenvalue weighted by Gasteiger charge is 2.46. The highest BCUT2D eigenvalue weighted by molar-refractivity contribution is 5.86. The minimum atomic E-state index is -1.14. The first-order chi connectivity index (χ1) is 9.02. The molecule has 0 amide bonds. The van der Waals surface area contributed by atoms with E-state index < -0.39 is 35.7 Å². The summed E-state index contributed by atoms with van der Waals surface area (Å²) in [7, 11) is 0. The Morgan fingerprint density at radius 3 is 1.74 bits per heavy atom. The number of carbonyl (C=O) groups is 3. The van der Waals surface area contributed by atoms with Crippen LogP contribution in [0.15, 0.2) is 0 Å². The van der Waals surface area contributed by atoms with Gasteiger partial charge >= 0.3 is 17.9 Å². The number of hydrogen-bond acceptors (Lipinski definition) is 5. The maximum absolute atomic E-state index is 11.8. The molecule has 0 bridgehead atoms. The van der Waals surface area contributed by atoms with Gasteiger partial charge in [-0.3, -0.25) is 14.4 Å². The zero-order chi connectivity index (χ0) is 14.4. The van der Waals surface area contributed by atoms with E-state index in [4.69, 9.17) is 9.47 Å². The smallest absolute Gasteiger partial charge is 0.309 e. The molecule has 6 nitrogen and oxygen atoms in total. The number of hydrogen-bond donors (Lipinski definition) is 1. The van der Waals surface area contributed by atoms with E-state index in [9.17, 15) is 19.5 Å². The van der Waals surface area contributed by atoms with Gasteiger partial charge in [0.25, 0.3) is 0 Å². The minimum Gasteiger partial charge on any atom is -0.481 e. The van der Waals surface area contributed by atoms with Crippen LogP contribution in [0.25, 0.3) is 0 Å². The highest BCUT2D eigenvalue weighted by atomic mass is 16.5. The largest absolute Gasteiger partial charge is 0.481 e. The number of carbonyl (C=O) groups excluding carboxylic acids is 2. The van der Waals surface area contributed by atoms with Crippen LogP contribution in [0.4, 0.5) is 0 Å². The molecule has 0 spiro atoms. The van der Waals surface area contributed by atoms with Crippen molar-refractivity contribution in [3.8, 4) is 0 Å². The Labute approximate surface area is 112 Å². The van der Waals surface area contributed by atoms with E-state index in [0.29, 0.717) is 19.3 Å². The SMILES string of the molecule is CCOC(=O)C1CCCC(C(=O)OCC)C1C(=O)O. The Kier molecular flexibility index (Phi) is 5.79. The van der Waals surface area contributed by atoms with Crippen LogP contribution in [-0.2, 0) is 23.9 Å². The molecule has 1 saturated carbocycles. The summed E-state index contributed by atoms with van der Waals surface area (Å²) in [6.45, 7) is 3.73. The Morgan fingerprint density at radius 2 is 1.42 bits per heavy atom. The third kappa shape index (κ3) is 3.68. The van der Waals surface area contributed by atoms with Gasteiger partial charge < -0.3 is 14.6 Å². The lowest BCUT2D eigenvalue weighted by Gasteiger charge is -2.32. The lowest BCUT2D eigenvalue weighted by molar-refractivity contribution is -0.169. The van der Waals surface area contributed by atoms with Crippen molar-refractivity contribution in [2.75, 3.05) is 13.2 Å². The van der Waals surface area contributed by atoms with E-state index in [-0.39, 0.29) is 13.2 Å². The quantitative estimate of drug-likeness (QED) is 0.757. The van der Waals surface area contributed by atoms with Crippen LogP contribution in [0.1, 0.15) is 33.1 Å². The zero-order valence-corrected chi connectivity index (χ0v) is 11.3. The molecule has 0 aromatic carbocycles. The molecule has 108 valence electrons. The fourth-order valence-corrected chi connectivity index (χ4v) is 2.57. The molecule has 6 heteroatoms. The topological polar surface area (TPSA) is 89.9 Å². The fourth-order valence-electron chi connectivity index (χ4n) is 2.57. The molecule has 1 aliphatic rings. The predicted molar refractivity (Wildman–Crippen MR) is 65.2 cm³/mol. The number of carboxylic acids is 1. The molecule has 0 heterocycles. The first-order valence-electron chi connectivity index (χ1n) is 6.58. The predicted octanol–water partition coefficient (Wildman–Crippen LogP) is 1.23. The molecule has 1 aliphatic carbocycles. The van der Waals surface area contributed by atoms with Gasteiger partial charge in [0.15, 0.2) is 0 Å². The molecule has 2 unspecified atom stereocenters. The molecule has 1 fully saturated rings. The van der Waals surface area contributed by atoms with Crippen LogP contribution >= 0.6 is 0 Å². The van der Waals surface area contributed by atoms with Crippen molar-refractivity contribution >= 4 is 17.9 Å². The third-order valence-electron chi connectivity index (χ3n) is 3.36. The summed E-state index contributed by atoms with van der Waals surface area (Å²) in [6, 6.07) is 0. The van der Waals surface area contributed by atoms with Crippen LogP contribution in [0.2, 0.25) is 0 Å². The normalized spacial score (nSPS) is 26.5. The number of carboxylic acid groups (broad SMARTS) is 1. The van der Waals surface area contributed by atoms with E-state index in [1.54, 1.807) is 13.8 Å². The van der Waals surface area contributed by atoms with Crippen molar-refractivity contribution in [1.29, 1.82) is 0 Å². The van der Waals surface area contributed by atoms with Crippen molar-refractivity contribution in [3.63, 3.8) is 0 Å². The Hall–Kier alpha value is -1.59. The molecule has 0 radical (unpaired) electrons. The van der Waals surface area contributed by atoms with Gasteiger partial charge in [-0.1, -0.05) is 6.42 Å². The van der Waals surface area contributed by atoms with E-state index >= 15 is 0 Å². The molecule has 2 atom stereocenters. The zero-order valence-electron chi connectivity index (χ0n) is 11.3.